The molecule has 0 atom stereocenters. The lowest BCUT2D eigenvalue weighted by molar-refractivity contribution is 0.187. The predicted octanol–water partition coefficient (Wildman–Crippen LogP) is 1.60. The van der Waals surface area contributed by atoms with Crippen molar-refractivity contribution in [2.24, 2.45) is 0 Å². The second-order valence-electron chi connectivity index (χ2n) is 3.62. The molecule has 5 nitrogen and oxygen atoms in total. The van der Waals surface area contributed by atoms with Crippen molar-refractivity contribution in [3.63, 3.8) is 0 Å². The summed E-state index contributed by atoms with van der Waals surface area (Å²) in [7, 11) is 1.60. The van der Waals surface area contributed by atoms with Crippen molar-refractivity contribution < 1.29 is 9.53 Å². The van der Waals surface area contributed by atoms with E-state index in [4.69, 9.17) is 10.00 Å². The normalized spacial score (nSPS) is 9.39. The number of amides is 2. The van der Waals surface area contributed by atoms with E-state index in [1.165, 1.54) is 0 Å². The minimum atomic E-state index is -0.110. The number of rotatable bonds is 5. The molecule has 2 amide bonds. The summed E-state index contributed by atoms with van der Waals surface area (Å²) in [5, 5.41) is 11.2. The van der Waals surface area contributed by atoms with Crippen molar-refractivity contribution >= 4 is 6.03 Å². The van der Waals surface area contributed by atoms with Crippen molar-refractivity contribution in [2.75, 3.05) is 26.7 Å². The summed E-state index contributed by atoms with van der Waals surface area (Å²) in [6, 6.07) is 8.82. The number of nitrogens with one attached hydrogen (secondary N) is 1. The average molecular weight is 247 g/mol. The van der Waals surface area contributed by atoms with Crippen LogP contribution in [0.15, 0.2) is 24.3 Å². The number of ether oxygens (including phenoxy) is 1. The van der Waals surface area contributed by atoms with Gasteiger partial charge in [-0.1, -0.05) is 0 Å². The number of benzene rings is 1. The quantitative estimate of drug-likeness (QED) is 0.859. The molecule has 1 N–H and O–H groups in total. The number of nitriles is 1. The highest BCUT2D eigenvalue weighted by molar-refractivity contribution is 5.73. The molecule has 0 aliphatic carbocycles. The van der Waals surface area contributed by atoms with E-state index in [2.05, 4.69) is 5.32 Å². The molecule has 1 aromatic carbocycles. The fourth-order valence-electron chi connectivity index (χ4n) is 1.46. The summed E-state index contributed by atoms with van der Waals surface area (Å²) in [5.74, 6) is 0.696. The number of carbonyl (C=O) groups excluding carboxylic acids is 1. The van der Waals surface area contributed by atoms with Crippen molar-refractivity contribution in [3.8, 4) is 11.8 Å². The standard InChI is InChI=1S/C13H17N3O2/c1-3-16(13(17)15-2)8-9-18-12-6-4-11(10-14)5-7-12/h4-7H,3,8-9H2,1-2H3,(H,15,17). The Morgan fingerprint density at radius 3 is 2.61 bits per heavy atom. The van der Waals surface area contributed by atoms with Crippen LogP contribution in [0, 0.1) is 11.3 Å². The van der Waals surface area contributed by atoms with Crippen LogP contribution in [0.4, 0.5) is 4.79 Å². The maximum Gasteiger partial charge on any atom is 0.317 e. The average Bonchev–Trinajstić information content (AvgIpc) is 2.43. The highest BCUT2D eigenvalue weighted by Crippen LogP contribution is 2.11. The summed E-state index contributed by atoms with van der Waals surface area (Å²) in [5.41, 5.74) is 0.600. The molecule has 0 spiro atoms. The SMILES string of the molecule is CCN(CCOc1ccc(C#N)cc1)C(=O)NC. The molecule has 18 heavy (non-hydrogen) atoms. The van der Waals surface area contributed by atoms with Gasteiger partial charge in [-0.2, -0.15) is 5.26 Å². The number of urea groups is 1. The predicted molar refractivity (Wildman–Crippen MR) is 68.4 cm³/mol. The fraction of sp³-hybridized carbons (Fsp3) is 0.385. The first kappa shape index (κ1) is 13.8. The van der Waals surface area contributed by atoms with Crippen molar-refractivity contribution in [1.29, 1.82) is 5.26 Å². The third-order valence-electron chi connectivity index (χ3n) is 2.50. The molecule has 1 rings (SSSR count). The molecule has 5 heteroatoms. The molecule has 1 aromatic rings. The molecule has 0 saturated heterocycles. The summed E-state index contributed by atoms with van der Waals surface area (Å²) >= 11 is 0. The summed E-state index contributed by atoms with van der Waals surface area (Å²) in [6.45, 7) is 3.50. The molecular weight excluding hydrogens is 230 g/mol. The third kappa shape index (κ3) is 3.98. The highest BCUT2D eigenvalue weighted by Gasteiger charge is 2.08. The number of nitrogens with zero attached hydrogens (tertiary/aromatic N) is 2. The van der Waals surface area contributed by atoms with Gasteiger partial charge in [-0.25, -0.2) is 4.79 Å². The maximum atomic E-state index is 11.4. The summed E-state index contributed by atoms with van der Waals surface area (Å²) in [6.07, 6.45) is 0. The molecule has 96 valence electrons. The van der Waals surface area contributed by atoms with Crippen LogP contribution < -0.4 is 10.1 Å². The number of hydrogen-bond acceptors (Lipinski definition) is 3. The molecule has 0 saturated carbocycles. The maximum absolute atomic E-state index is 11.4. The van der Waals surface area contributed by atoms with E-state index < -0.39 is 0 Å². The zero-order valence-electron chi connectivity index (χ0n) is 10.6. The van der Waals surface area contributed by atoms with E-state index in [1.807, 2.05) is 13.0 Å². The van der Waals surface area contributed by atoms with E-state index in [9.17, 15) is 4.79 Å². The van der Waals surface area contributed by atoms with Gasteiger partial charge in [-0.15, -0.1) is 0 Å². The monoisotopic (exact) mass is 247 g/mol. The van der Waals surface area contributed by atoms with Gasteiger partial charge < -0.3 is 15.0 Å². The lowest BCUT2D eigenvalue weighted by Gasteiger charge is -2.20. The first-order valence-electron chi connectivity index (χ1n) is 5.81. The van der Waals surface area contributed by atoms with Gasteiger partial charge in [0.15, 0.2) is 0 Å². The first-order valence-corrected chi connectivity index (χ1v) is 5.81. The van der Waals surface area contributed by atoms with E-state index in [1.54, 1.807) is 36.2 Å². The Hall–Kier alpha value is -2.22. The highest BCUT2D eigenvalue weighted by atomic mass is 16.5. The van der Waals surface area contributed by atoms with Crippen LogP contribution in [-0.2, 0) is 0 Å². The Morgan fingerprint density at radius 2 is 2.11 bits per heavy atom. The molecular formula is C13H17N3O2. The third-order valence-corrected chi connectivity index (χ3v) is 2.50. The van der Waals surface area contributed by atoms with Gasteiger partial charge in [0, 0.05) is 13.6 Å². The molecule has 0 bridgehead atoms. The molecule has 0 fully saturated rings. The Balaban J connectivity index is 2.40. The Labute approximate surface area is 107 Å². The van der Waals surface area contributed by atoms with Crippen LogP contribution in [-0.4, -0.2) is 37.7 Å². The lowest BCUT2D eigenvalue weighted by atomic mass is 10.2. The fourth-order valence-corrected chi connectivity index (χ4v) is 1.46. The molecule has 0 aliphatic heterocycles. The van der Waals surface area contributed by atoms with Crippen molar-refractivity contribution in [2.45, 2.75) is 6.92 Å². The van der Waals surface area contributed by atoms with Crippen LogP contribution in [0.1, 0.15) is 12.5 Å². The number of hydrogen-bond donors (Lipinski definition) is 1. The Morgan fingerprint density at radius 1 is 1.44 bits per heavy atom. The van der Waals surface area contributed by atoms with Crippen LogP contribution in [0.2, 0.25) is 0 Å². The second-order valence-corrected chi connectivity index (χ2v) is 3.62. The van der Waals surface area contributed by atoms with Crippen molar-refractivity contribution in [3.05, 3.63) is 29.8 Å². The summed E-state index contributed by atoms with van der Waals surface area (Å²) in [4.78, 5) is 13.0. The minimum absolute atomic E-state index is 0.110. The number of likely N-dealkylation sites (N-methyl/N-ethyl adjacent to an activating group) is 1. The van der Waals surface area contributed by atoms with Gasteiger partial charge in [-0.05, 0) is 31.2 Å². The zero-order chi connectivity index (χ0) is 13.4. The zero-order valence-corrected chi connectivity index (χ0v) is 10.6. The Bertz CT molecular complexity index is 423. The molecule has 0 aromatic heterocycles. The second kappa shape index (κ2) is 7.17. The largest absolute Gasteiger partial charge is 0.492 e. The smallest absolute Gasteiger partial charge is 0.317 e. The van der Waals surface area contributed by atoms with E-state index in [-0.39, 0.29) is 6.03 Å². The van der Waals surface area contributed by atoms with Gasteiger partial charge in [-0.3, -0.25) is 0 Å². The van der Waals surface area contributed by atoms with Crippen molar-refractivity contribution in [1.82, 2.24) is 10.2 Å². The topological polar surface area (TPSA) is 65.4 Å². The molecule has 0 radical (unpaired) electrons. The van der Waals surface area contributed by atoms with Crippen LogP contribution >= 0.6 is 0 Å². The summed E-state index contributed by atoms with van der Waals surface area (Å²) < 4.78 is 5.50. The van der Waals surface area contributed by atoms with Gasteiger partial charge in [0.25, 0.3) is 0 Å². The van der Waals surface area contributed by atoms with E-state index in [0.717, 1.165) is 0 Å². The number of carbonyl (C=O) groups is 1. The van der Waals surface area contributed by atoms with Gasteiger partial charge in [0.05, 0.1) is 18.2 Å². The molecule has 0 heterocycles. The Kier molecular flexibility index (Phi) is 5.52. The van der Waals surface area contributed by atoms with E-state index in [0.29, 0.717) is 31.0 Å². The van der Waals surface area contributed by atoms with Crippen LogP contribution in [0.5, 0.6) is 5.75 Å². The lowest BCUT2D eigenvalue weighted by Crippen LogP contribution is -2.40. The van der Waals surface area contributed by atoms with Crippen LogP contribution in [0.25, 0.3) is 0 Å². The van der Waals surface area contributed by atoms with Gasteiger partial charge in [0.2, 0.25) is 0 Å². The van der Waals surface area contributed by atoms with E-state index >= 15 is 0 Å². The molecule has 0 unspecified atom stereocenters. The first-order chi connectivity index (χ1) is 8.71. The van der Waals surface area contributed by atoms with Gasteiger partial charge >= 0.3 is 6.03 Å². The van der Waals surface area contributed by atoms with Gasteiger partial charge in [0.1, 0.15) is 12.4 Å². The molecule has 0 aliphatic rings. The minimum Gasteiger partial charge on any atom is -0.492 e. The van der Waals surface area contributed by atoms with Crippen LogP contribution in [0.3, 0.4) is 0 Å².